The molecule has 1 fully saturated rings. The Morgan fingerprint density at radius 3 is 3.00 bits per heavy atom. The van der Waals surface area contributed by atoms with Gasteiger partial charge >= 0.3 is 0 Å². The molecule has 0 aromatic heterocycles. The number of carbonyl (C=O) groups is 1. The third kappa shape index (κ3) is 3.48. The third-order valence-corrected chi connectivity index (χ3v) is 4.32. The Labute approximate surface area is 119 Å². The van der Waals surface area contributed by atoms with Gasteiger partial charge in [0.2, 0.25) is 0 Å². The molecule has 2 N–H and O–H groups in total. The van der Waals surface area contributed by atoms with E-state index < -0.39 is 0 Å². The fourth-order valence-electron chi connectivity index (χ4n) is 2.56. The van der Waals surface area contributed by atoms with Gasteiger partial charge in [0.05, 0.1) is 0 Å². The van der Waals surface area contributed by atoms with Gasteiger partial charge in [-0.2, -0.15) is 0 Å². The average Bonchev–Trinajstić information content (AvgIpc) is 2.42. The maximum absolute atomic E-state index is 12.3. The molecule has 0 saturated carbocycles. The summed E-state index contributed by atoms with van der Waals surface area (Å²) in [7, 11) is 0. The molecule has 0 spiro atoms. The third-order valence-electron chi connectivity index (χ3n) is 3.91. The molecule has 4 heteroatoms. The second-order valence-corrected chi connectivity index (χ2v) is 5.69. The van der Waals surface area contributed by atoms with Crippen molar-refractivity contribution in [2.24, 2.45) is 5.92 Å². The highest BCUT2D eigenvalue weighted by Gasteiger charge is 2.22. The van der Waals surface area contributed by atoms with Crippen LogP contribution in [-0.4, -0.2) is 25.0 Å². The van der Waals surface area contributed by atoms with Gasteiger partial charge < -0.3 is 10.6 Å². The summed E-state index contributed by atoms with van der Waals surface area (Å²) in [5.74, 6) is 0.482. The first kappa shape index (κ1) is 14.4. The molecule has 0 radical (unpaired) electrons. The topological polar surface area (TPSA) is 41.1 Å². The Balaban J connectivity index is 2.02. The Bertz CT molecular complexity index is 455. The number of hydrogen-bond acceptors (Lipinski definition) is 2. The molecule has 104 valence electrons. The van der Waals surface area contributed by atoms with Crippen molar-refractivity contribution in [1.29, 1.82) is 0 Å². The zero-order valence-electron chi connectivity index (χ0n) is 11.5. The minimum Gasteiger partial charge on any atom is -0.349 e. The molecule has 2 unspecified atom stereocenters. The zero-order chi connectivity index (χ0) is 13.8. The van der Waals surface area contributed by atoms with Crippen molar-refractivity contribution in [2.45, 2.75) is 32.7 Å². The van der Waals surface area contributed by atoms with Gasteiger partial charge in [-0.05, 0) is 63.4 Å². The fraction of sp³-hybridized carbons (Fsp3) is 0.533. The van der Waals surface area contributed by atoms with Crippen LogP contribution >= 0.6 is 11.6 Å². The molecule has 1 heterocycles. The van der Waals surface area contributed by atoms with Crippen molar-refractivity contribution < 1.29 is 4.79 Å². The first-order valence-corrected chi connectivity index (χ1v) is 7.24. The first-order valence-electron chi connectivity index (χ1n) is 6.86. The number of amides is 1. The van der Waals surface area contributed by atoms with Crippen LogP contribution in [0.3, 0.4) is 0 Å². The summed E-state index contributed by atoms with van der Waals surface area (Å²) in [5, 5.41) is 7.11. The monoisotopic (exact) mass is 280 g/mol. The van der Waals surface area contributed by atoms with E-state index in [2.05, 4.69) is 17.6 Å². The van der Waals surface area contributed by atoms with Crippen LogP contribution in [0.4, 0.5) is 0 Å². The van der Waals surface area contributed by atoms with Crippen LogP contribution < -0.4 is 10.6 Å². The fourth-order valence-corrected chi connectivity index (χ4v) is 2.74. The number of rotatable bonds is 3. The van der Waals surface area contributed by atoms with Gasteiger partial charge in [0.25, 0.3) is 5.91 Å². The summed E-state index contributed by atoms with van der Waals surface area (Å²) in [6, 6.07) is 5.63. The van der Waals surface area contributed by atoms with Crippen molar-refractivity contribution in [2.75, 3.05) is 13.1 Å². The summed E-state index contributed by atoms with van der Waals surface area (Å²) in [6.07, 6.45) is 2.35. The van der Waals surface area contributed by atoms with Crippen LogP contribution in [0.1, 0.15) is 35.7 Å². The maximum atomic E-state index is 12.3. The molecule has 1 aliphatic heterocycles. The van der Waals surface area contributed by atoms with E-state index in [4.69, 9.17) is 11.6 Å². The summed E-state index contributed by atoms with van der Waals surface area (Å²) < 4.78 is 0. The van der Waals surface area contributed by atoms with E-state index in [1.807, 2.05) is 25.1 Å². The molecular formula is C15H21ClN2O. The standard InChI is InChI=1S/C15H21ClN2O/c1-10-13(6-3-7-14(10)16)15(19)18-11(2)12-5-4-8-17-9-12/h3,6-7,11-12,17H,4-5,8-9H2,1-2H3,(H,18,19). The van der Waals surface area contributed by atoms with Gasteiger partial charge in [0, 0.05) is 16.6 Å². The Hall–Kier alpha value is -1.06. The molecule has 1 aromatic carbocycles. The van der Waals surface area contributed by atoms with Crippen molar-refractivity contribution in [3.63, 3.8) is 0 Å². The molecule has 2 rings (SSSR count). The van der Waals surface area contributed by atoms with Crippen LogP contribution in [0.25, 0.3) is 0 Å². The lowest BCUT2D eigenvalue weighted by Crippen LogP contribution is -2.44. The quantitative estimate of drug-likeness (QED) is 0.894. The van der Waals surface area contributed by atoms with Gasteiger partial charge in [-0.3, -0.25) is 4.79 Å². The van der Waals surface area contributed by atoms with Gasteiger partial charge in [-0.15, -0.1) is 0 Å². The number of benzene rings is 1. The summed E-state index contributed by atoms with van der Waals surface area (Å²) in [6.45, 7) is 6.03. The van der Waals surface area contributed by atoms with E-state index in [0.29, 0.717) is 16.5 Å². The normalized spacial score (nSPS) is 20.9. The molecule has 19 heavy (non-hydrogen) atoms. The van der Waals surface area contributed by atoms with E-state index in [0.717, 1.165) is 18.7 Å². The van der Waals surface area contributed by atoms with E-state index in [1.54, 1.807) is 0 Å². The van der Waals surface area contributed by atoms with Crippen LogP contribution in [0.2, 0.25) is 5.02 Å². The molecule has 1 aromatic rings. The van der Waals surface area contributed by atoms with E-state index >= 15 is 0 Å². The van der Waals surface area contributed by atoms with Crippen LogP contribution in [0.5, 0.6) is 0 Å². The molecule has 0 bridgehead atoms. The predicted octanol–water partition coefficient (Wildman–Crippen LogP) is 2.77. The van der Waals surface area contributed by atoms with Crippen molar-refractivity contribution in [3.8, 4) is 0 Å². The van der Waals surface area contributed by atoms with Crippen LogP contribution in [0.15, 0.2) is 18.2 Å². The molecular weight excluding hydrogens is 260 g/mol. The maximum Gasteiger partial charge on any atom is 0.251 e. The second kappa shape index (κ2) is 6.40. The zero-order valence-corrected chi connectivity index (χ0v) is 12.3. The Morgan fingerprint density at radius 2 is 2.32 bits per heavy atom. The van der Waals surface area contributed by atoms with Crippen LogP contribution in [-0.2, 0) is 0 Å². The summed E-state index contributed by atoms with van der Waals surface area (Å²) in [4.78, 5) is 12.3. The highest BCUT2D eigenvalue weighted by molar-refractivity contribution is 6.31. The first-order chi connectivity index (χ1) is 9.09. The Morgan fingerprint density at radius 1 is 1.53 bits per heavy atom. The molecule has 1 amide bonds. The number of halogens is 1. The smallest absolute Gasteiger partial charge is 0.251 e. The van der Waals surface area contributed by atoms with E-state index in [1.165, 1.54) is 12.8 Å². The number of nitrogens with one attached hydrogen (secondary N) is 2. The number of hydrogen-bond donors (Lipinski definition) is 2. The Kier molecular flexibility index (Phi) is 4.83. The highest BCUT2D eigenvalue weighted by atomic mass is 35.5. The van der Waals surface area contributed by atoms with Gasteiger partial charge in [-0.1, -0.05) is 17.7 Å². The van der Waals surface area contributed by atoms with Crippen LogP contribution in [0, 0.1) is 12.8 Å². The molecule has 2 atom stereocenters. The molecule has 1 saturated heterocycles. The molecule has 1 aliphatic rings. The average molecular weight is 281 g/mol. The lowest BCUT2D eigenvalue weighted by molar-refractivity contribution is 0.0921. The van der Waals surface area contributed by atoms with Crippen molar-refractivity contribution in [3.05, 3.63) is 34.3 Å². The summed E-state index contributed by atoms with van der Waals surface area (Å²) in [5.41, 5.74) is 1.51. The molecule has 0 aliphatic carbocycles. The van der Waals surface area contributed by atoms with E-state index in [9.17, 15) is 4.79 Å². The van der Waals surface area contributed by atoms with E-state index in [-0.39, 0.29) is 11.9 Å². The molecule has 3 nitrogen and oxygen atoms in total. The minimum atomic E-state index is -0.0296. The van der Waals surface area contributed by atoms with Gasteiger partial charge in [0.1, 0.15) is 0 Å². The minimum absolute atomic E-state index is 0.0296. The second-order valence-electron chi connectivity index (χ2n) is 5.28. The highest BCUT2D eigenvalue weighted by Crippen LogP contribution is 2.20. The van der Waals surface area contributed by atoms with Gasteiger partial charge in [0.15, 0.2) is 0 Å². The SMILES string of the molecule is Cc1c(Cl)cccc1C(=O)NC(C)C1CCCNC1. The largest absolute Gasteiger partial charge is 0.349 e. The number of carbonyl (C=O) groups excluding carboxylic acids is 1. The predicted molar refractivity (Wildman–Crippen MR) is 78.7 cm³/mol. The van der Waals surface area contributed by atoms with Crippen molar-refractivity contribution >= 4 is 17.5 Å². The van der Waals surface area contributed by atoms with Crippen molar-refractivity contribution in [1.82, 2.24) is 10.6 Å². The van der Waals surface area contributed by atoms with Gasteiger partial charge in [-0.25, -0.2) is 0 Å². The number of piperidine rings is 1. The lowest BCUT2D eigenvalue weighted by Gasteiger charge is -2.29. The summed E-state index contributed by atoms with van der Waals surface area (Å²) >= 11 is 6.05. The lowest BCUT2D eigenvalue weighted by atomic mass is 9.92.